The number of nitrogen functional groups attached to an aromatic ring is 1. The molecular weight excluding hydrogens is 188 g/mol. The maximum atomic E-state index is 5.68. The van der Waals surface area contributed by atoms with Crippen LogP contribution in [0.2, 0.25) is 0 Å². The van der Waals surface area contributed by atoms with Crippen LogP contribution in [0.4, 0.5) is 5.69 Å². The van der Waals surface area contributed by atoms with E-state index in [0.29, 0.717) is 6.61 Å². The lowest BCUT2D eigenvalue weighted by Gasteiger charge is -2.17. The van der Waals surface area contributed by atoms with E-state index in [1.165, 1.54) is 0 Å². The highest BCUT2D eigenvalue weighted by Gasteiger charge is 2.10. The molecule has 3 heteroatoms. The van der Waals surface area contributed by atoms with Gasteiger partial charge in [0.1, 0.15) is 0 Å². The lowest BCUT2D eigenvalue weighted by atomic mass is 9.99. The van der Waals surface area contributed by atoms with Crippen LogP contribution in [0, 0.1) is 12.3 Å². The van der Waals surface area contributed by atoms with Gasteiger partial charge < -0.3 is 10.5 Å². The maximum Gasteiger partial charge on any atom is 0.0888 e. The van der Waals surface area contributed by atoms with Gasteiger partial charge in [-0.1, -0.05) is 20.8 Å². The molecule has 0 radical (unpaired) electrons. The molecule has 0 bridgehead atoms. The van der Waals surface area contributed by atoms with Crippen LogP contribution in [-0.2, 0) is 11.3 Å². The van der Waals surface area contributed by atoms with E-state index in [2.05, 4.69) is 25.8 Å². The highest BCUT2D eigenvalue weighted by atomic mass is 16.5. The summed E-state index contributed by atoms with van der Waals surface area (Å²) in [5.74, 6) is 0. The smallest absolute Gasteiger partial charge is 0.0888 e. The SMILES string of the molecule is Cc1nc(COCC(C)(C)C)ccc1N. The Labute approximate surface area is 91.7 Å². The molecule has 0 saturated carbocycles. The molecule has 1 heterocycles. The summed E-state index contributed by atoms with van der Waals surface area (Å²) in [6.45, 7) is 9.64. The summed E-state index contributed by atoms with van der Waals surface area (Å²) in [5, 5.41) is 0. The number of nitrogens with two attached hydrogens (primary N) is 1. The first-order valence-corrected chi connectivity index (χ1v) is 5.18. The van der Waals surface area contributed by atoms with E-state index in [1.807, 2.05) is 19.1 Å². The molecule has 0 aliphatic carbocycles. The molecule has 0 aliphatic heterocycles. The van der Waals surface area contributed by atoms with Gasteiger partial charge in [-0.05, 0) is 24.5 Å². The molecule has 3 nitrogen and oxygen atoms in total. The van der Waals surface area contributed by atoms with Crippen LogP contribution in [0.3, 0.4) is 0 Å². The molecule has 0 unspecified atom stereocenters. The minimum atomic E-state index is 0.197. The highest BCUT2D eigenvalue weighted by Crippen LogP contribution is 2.14. The molecule has 1 aromatic rings. The Bertz CT molecular complexity index is 329. The van der Waals surface area contributed by atoms with Gasteiger partial charge in [-0.25, -0.2) is 0 Å². The van der Waals surface area contributed by atoms with E-state index < -0.39 is 0 Å². The zero-order valence-electron chi connectivity index (χ0n) is 10.0. The van der Waals surface area contributed by atoms with Crippen molar-refractivity contribution < 1.29 is 4.74 Å². The monoisotopic (exact) mass is 208 g/mol. The second kappa shape index (κ2) is 4.62. The summed E-state index contributed by atoms with van der Waals surface area (Å²) >= 11 is 0. The van der Waals surface area contributed by atoms with E-state index in [9.17, 15) is 0 Å². The minimum Gasteiger partial charge on any atom is -0.397 e. The third kappa shape index (κ3) is 4.30. The summed E-state index contributed by atoms with van der Waals surface area (Å²) in [4.78, 5) is 4.34. The molecule has 15 heavy (non-hydrogen) atoms. The maximum absolute atomic E-state index is 5.68. The number of aromatic nitrogens is 1. The third-order valence-electron chi connectivity index (χ3n) is 1.97. The van der Waals surface area contributed by atoms with Crippen molar-refractivity contribution in [3.8, 4) is 0 Å². The van der Waals surface area contributed by atoms with Crippen LogP contribution in [0.5, 0.6) is 0 Å². The first-order valence-electron chi connectivity index (χ1n) is 5.18. The van der Waals surface area contributed by atoms with Gasteiger partial charge >= 0.3 is 0 Å². The quantitative estimate of drug-likeness (QED) is 0.830. The zero-order valence-corrected chi connectivity index (χ0v) is 10.0. The lowest BCUT2D eigenvalue weighted by molar-refractivity contribution is 0.0581. The highest BCUT2D eigenvalue weighted by molar-refractivity contribution is 5.42. The predicted molar refractivity (Wildman–Crippen MR) is 62.5 cm³/mol. The molecule has 0 amide bonds. The molecule has 0 aliphatic rings. The summed E-state index contributed by atoms with van der Waals surface area (Å²) in [5.41, 5.74) is 8.42. The zero-order chi connectivity index (χ0) is 11.5. The van der Waals surface area contributed by atoms with Gasteiger partial charge in [0.2, 0.25) is 0 Å². The summed E-state index contributed by atoms with van der Waals surface area (Å²) in [6, 6.07) is 3.78. The fraction of sp³-hybridized carbons (Fsp3) is 0.583. The number of hydrogen-bond acceptors (Lipinski definition) is 3. The van der Waals surface area contributed by atoms with Gasteiger partial charge in [-0.2, -0.15) is 0 Å². The van der Waals surface area contributed by atoms with Crippen molar-refractivity contribution in [2.24, 2.45) is 5.41 Å². The van der Waals surface area contributed by atoms with Crippen molar-refractivity contribution in [3.05, 3.63) is 23.5 Å². The fourth-order valence-electron chi connectivity index (χ4n) is 1.17. The first-order chi connectivity index (χ1) is 6.88. The van der Waals surface area contributed by atoms with Crippen molar-refractivity contribution in [2.75, 3.05) is 12.3 Å². The number of anilines is 1. The molecular formula is C12H20N2O. The normalized spacial score (nSPS) is 11.7. The van der Waals surface area contributed by atoms with E-state index in [-0.39, 0.29) is 5.41 Å². The topological polar surface area (TPSA) is 48.1 Å². The van der Waals surface area contributed by atoms with Crippen molar-refractivity contribution in [3.63, 3.8) is 0 Å². The minimum absolute atomic E-state index is 0.197. The van der Waals surface area contributed by atoms with Crippen molar-refractivity contribution >= 4 is 5.69 Å². The molecule has 0 aromatic carbocycles. The van der Waals surface area contributed by atoms with Gasteiger partial charge in [0.05, 0.1) is 30.3 Å². The van der Waals surface area contributed by atoms with E-state index in [0.717, 1.165) is 23.7 Å². The lowest BCUT2D eigenvalue weighted by Crippen LogP contribution is -2.14. The Morgan fingerprint density at radius 2 is 2.00 bits per heavy atom. The third-order valence-corrected chi connectivity index (χ3v) is 1.97. The second-order valence-electron chi connectivity index (χ2n) is 5.03. The molecule has 1 rings (SSSR count). The Balaban J connectivity index is 2.48. The summed E-state index contributed by atoms with van der Waals surface area (Å²) < 4.78 is 5.58. The molecule has 0 spiro atoms. The predicted octanol–water partition coefficient (Wildman–Crippen LogP) is 2.53. The first kappa shape index (κ1) is 12.0. The van der Waals surface area contributed by atoms with Crippen LogP contribution < -0.4 is 5.73 Å². The fourth-order valence-corrected chi connectivity index (χ4v) is 1.17. The van der Waals surface area contributed by atoms with Gasteiger partial charge in [0.15, 0.2) is 0 Å². The van der Waals surface area contributed by atoms with Crippen molar-refractivity contribution in [1.82, 2.24) is 4.98 Å². The Morgan fingerprint density at radius 3 is 2.53 bits per heavy atom. The molecule has 2 N–H and O–H groups in total. The van der Waals surface area contributed by atoms with Crippen LogP contribution in [0.25, 0.3) is 0 Å². The summed E-state index contributed by atoms with van der Waals surface area (Å²) in [6.07, 6.45) is 0. The Hall–Kier alpha value is -1.09. The standard InChI is InChI=1S/C12H20N2O/c1-9-11(13)6-5-10(14-9)7-15-8-12(2,3)4/h5-6H,7-8,13H2,1-4H3. The Kier molecular flexibility index (Phi) is 3.69. The van der Waals surface area contributed by atoms with Crippen LogP contribution >= 0.6 is 0 Å². The van der Waals surface area contributed by atoms with E-state index in [4.69, 9.17) is 10.5 Å². The van der Waals surface area contributed by atoms with E-state index in [1.54, 1.807) is 0 Å². The van der Waals surface area contributed by atoms with Crippen LogP contribution in [0.15, 0.2) is 12.1 Å². The van der Waals surface area contributed by atoms with Gasteiger partial charge in [0.25, 0.3) is 0 Å². The van der Waals surface area contributed by atoms with Crippen LogP contribution in [-0.4, -0.2) is 11.6 Å². The van der Waals surface area contributed by atoms with Gasteiger partial charge in [0, 0.05) is 0 Å². The van der Waals surface area contributed by atoms with Crippen LogP contribution in [0.1, 0.15) is 32.2 Å². The largest absolute Gasteiger partial charge is 0.397 e. The second-order valence-corrected chi connectivity index (χ2v) is 5.03. The summed E-state index contributed by atoms with van der Waals surface area (Å²) in [7, 11) is 0. The number of aryl methyl sites for hydroxylation is 1. The van der Waals surface area contributed by atoms with E-state index >= 15 is 0 Å². The number of hydrogen-bond donors (Lipinski definition) is 1. The van der Waals surface area contributed by atoms with Gasteiger partial charge in [-0.3, -0.25) is 4.98 Å². The number of ether oxygens (including phenoxy) is 1. The average molecular weight is 208 g/mol. The van der Waals surface area contributed by atoms with Crippen molar-refractivity contribution in [1.29, 1.82) is 0 Å². The molecule has 1 aromatic heterocycles. The molecule has 84 valence electrons. The Morgan fingerprint density at radius 1 is 1.33 bits per heavy atom. The average Bonchev–Trinajstić information content (AvgIpc) is 2.09. The van der Waals surface area contributed by atoms with Crippen molar-refractivity contribution in [2.45, 2.75) is 34.3 Å². The molecule has 0 fully saturated rings. The molecule has 0 saturated heterocycles. The number of nitrogens with zero attached hydrogens (tertiary/aromatic N) is 1. The molecule has 0 atom stereocenters. The number of pyridine rings is 1. The van der Waals surface area contributed by atoms with Gasteiger partial charge in [-0.15, -0.1) is 0 Å². The number of rotatable bonds is 3.